The van der Waals surface area contributed by atoms with E-state index >= 15 is 0 Å². The molecule has 0 bridgehead atoms. The standard InChI is InChI=1S/C18H19N5O3/c1-26-16-5-3-11(9-19-16)17(12-6-13(24)7-12)20-18(25)10-2-4-14-15(8-10)22-23-21-14/h2-5,8-9,12-13,17,24H,6-7H2,1H3,(H,20,25)(H,21,22,23)/t12?,13?,17-/m1/s1. The summed E-state index contributed by atoms with van der Waals surface area (Å²) in [4.78, 5) is 17.0. The number of aromatic amines is 1. The molecular formula is C18H19N5O3. The number of hydrogen-bond donors (Lipinski definition) is 3. The summed E-state index contributed by atoms with van der Waals surface area (Å²) in [5.74, 6) is 0.487. The Morgan fingerprint density at radius 1 is 1.27 bits per heavy atom. The summed E-state index contributed by atoms with van der Waals surface area (Å²) in [5.41, 5.74) is 2.75. The monoisotopic (exact) mass is 353 g/mol. The predicted octanol–water partition coefficient (Wildman–Crippen LogP) is 1.60. The molecule has 3 aromatic rings. The number of benzene rings is 1. The lowest BCUT2D eigenvalue weighted by atomic mass is 9.75. The van der Waals surface area contributed by atoms with E-state index < -0.39 is 0 Å². The van der Waals surface area contributed by atoms with Gasteiger partial charge in [-0.05, 0) is 42.5 Å². The fourth-order valence-corrected chi connectivity index (χ4v) is 3.28. The topological polar surface area (TPSA) is 113 Å². The maximum Gasteiger partial charge on any atom is 0.251 e. The molecule has 8 nitrogen and oxygen atoms in total. The van der Waals surface area contributed by atoms with E-state index in [4.69, 9.17) is 4.74 Å². The minimum absolute atomic E-state index is 0.167. The van der Waals surface area contributed by atoms with Gasteiger partial charge in [0.25, 0.3) is 5.91 Å². The summed E-state index contributed by atoms with van der Waals surface area (Å²) in [7, 11) is 1.56. The second-order valence-corrected chi connectivity index (χ2v) is 6.50. The van der Waals surface area contributed by atoms with Crippen molar-refractivity contribution in [3.05, 3.63) is 47.7 Å². The number of aliphatic hydroxyl groups is 1. The van der Waals surface area contributed by atoms with E-state index in [-0.39, 0.29) is 24.0 Å². The number of fused-ring (bicyclic) bond motifs is 1. The zero-order chi connectivity index (χ0) is 18.1. The van der Waals surface area contributed by atoms with E-state index in [0.717, 1.165) is 5.56 Å². The van der Waals surface area contributed by atoms with Gasteiger partial charge in [-0.15, -0.1) is 0 Å². The first-order valence-electron chi connectivity index (χ1n) is 8.43. The van der Waals surface area contributed by atoms with Crippen LogP contribution in [-0.4, -0.2) is 44.6 Å². The van der Waals surface area contributed by atoms with E-state index in [0.29, 0.717) is 35.3 Å². The summed E-state index contributed by atoms with van der Waals surface area (Å²) < 4.78 is 5.10. The number of carbonyl (C=O) groups excluding carboxylic acids is 1. The Bertz CT molecular complexity index is 918. The Hall–Kier alpha value is -3.00. The molecule has 4 rings (SSSR count). The van der Waals surface area contributed by atoms with Crippen LogP contribution >= 0.6 is 0 Å². The highest BCUT2D eigenvalue weighted by Gasteiger charge is 2.36. The van der Waals surface area contributed by atoms with Gasteiger partial charge in [0.05, 0.1) is 19.3 Å². The highest BCUT2D eigenvalue weighted by atomic mass is 16.5. The number of rotatable bonds is 5. The van der Waals surface area contributed by atoms with Gasteiger partial charge in [0.1, 0.15) is 11.0 Å². The molecule has 2 aromatic heterocycles. The number of nitrogens with zero attached hydrogens (tertiary/aromatic N) is 3. The van der Waals surface area contributed by atoms with Crippen molar-refractivity contribution in [1.29, 1.82) is 0 Å². The molecule has 1 aromatic carbocycles. The molecule has 1 aliphatic rings. The third kappa shape index (κ3) is 3.11. The van der Waals surface area contributed by atoms with Gasteiger partial charge in [0, 0.05) is 17.8 Å². The maximum absolute atomic E-state index is 12.8. The average molecular weight is 353 g/mol. The number of aromatic nitrogens is 4. The second-order valence-electron chi connectivity index (χ2n) is 6.50. The molecule has 0 aliphatic heterocycles. The van der Waals surface area contributed by atoms with Crippen LogP contribution in [-0.2, 0) is 0 Å². The molecule has 26 heavy (non-hydrogen) atoms. The summed E-state index contributed by atoms with van der Waals surface area (Å²) in [6.45, 7) is 0. The molecule has 1 amide bonds. The molecule has 0 spiro atoms. The van der Waals surface area contributed by atoms with Gasteiger partial charge in [-0.25, -0.2) is 4.98 Å². The first-order chi connectivity index (χ1) is 12.6. The number of methoxy groups -OCH3 is 1. The number of aliphatic hydroxyl groups excluding tert-OH is 1. The van der Waals surface area contributed by atoms with Crippen molar-refractivity contribution < 1.29 is 14.6 Å². The number of hydrogen-bond acceptors (Lipinski definition) is 6. The summed E-state index contributed by atoms with van der Waals surface area (Å²) in [6.07, 6.45) is 2.70. The Kier molecular flexibility index (Phi) is 4.26. The van der Waals surface area contributed by atoms with Gasteiger partial charge >= 0.3 is 0 Å². The van der Waals surface area contributed by atoms with Crippen LogP contribution in [0.1, 0.15) is 34.8 Å². The molecular weight excluding hydrogens is 334 g/mol. The largest absolute Gasteiger partial charge is 0.481 e. The second kappa shape index (κ2) is 6.72. The van der Waals surface area contributed by atoms with Gasteiger partial charge in [-0.3, -0.25) is 4.79 Å². The summed E-state index contributed by atoms with van der Waals surface area (Å²) >= 11 is 0. The minimum atomic E-state index is -0.308. The molecule has 134 valence electrons. The van der Waals surface area contributed by atoms with Crippen LogP contribution in [0.3, 0.4) is 0 Å². The predicted molar refractivity (Wildman–Crippen MR) is 93.6 cm³/mol. The molecule has 1 aliphatic carbocycles. The van der Waals surface area contributed by atoms with Crippen LogP contribution in [0.5, 0.6) is 5.88 Å². The van der Waals surface area contributed by atoms with Gasteiger partial charge in [-0.2, -0.15) is 15.4 Å². The van der Waals surface area contributed by atoms with Crippen LogP contribution in [0.4, 0.5) is 0 Å². The molecule has 0 radical (unpaired) electrons. The zero-order valence-electron chi connectivity index (χ0n) is 14.2. The fraction of sp³-hybridized carbons (Fsp3) is 0.333. The van der Waals surface area contributed by atoms with E-state index in [1.54, 1.807) is 37.6 Å². The lowest BCUT2D eigenvalue weighted by Gasteiger charge is -2.38. The van der Waals surface area contributed by atoms with Gasteiger partial charge in [-0.1, -0.05) is 6.07 Å². The van der Waals surface area contributed by atoms with E-state index in [2.05, 4.69) is 25.7 Å². The van der Waals surface area contributed by atoms with Crippen molar-refractivity contribution in [1.82, 2.24) is 25.7 Å². The molecule has 2 heterocycles. The third-order valence-electron chi connectivity index (χ3n) is 4.81. The Morgan fingerprint density at radius 2 is 2.08 bits per heavy atom. The molecule has 1 atom stereocenters. The quantitative estimate of drug-likeness (QED) is 0.642. The highest BCUT2D eigenvalue weighted by molar-refractivity contribution is 5.97. The van der Waals surface area contributed by atoms with Gasteiger partial charge in [0.2, 0.25) is 5.88 Å². The van der Waals surface area contributed by atoms with Crippen LogP contribution in [0.25, 0.3) is 11.0 Å². The molecule has 8 heteroatoms. The number of nitrogens with one attached hydrogen (secondary N) is 2. The fourth-order valence-electron chi connectivity index (χ4n) is 3.28. The minimum Gasteiger partial charge on any atom is -0.481 e. The van der Waals surface area contributed by atoms with E-state index in [1.165, 1.54) is 0 Å². The number of carbonyl (C=O) groups is 1. The van der Waals surface area contributed by atoms with Crippen molar-refractivity contribution >= 4 is 16.9 Å². The SMILES string of the molecule is COc1ccc([C@@H](NC(=O)c2ccc3n[nH]nc3c2)C2CC(O)C2)cn1. The van der Waals surface area contributed by atoms with Gasteiger partial charge in [0.15, 0.2) is 0 Å². The van der Waals surface area contributed by atoms with Crippen LogP contribution in [0.15, 0.2) is 36.5 Å². The summed E-state index contributed by atoms with van der Waals surface area (Å²) in [6, 6.07) is 8.61. The van der Waals surface area contributed by atoms with Crippen LogP contribution in [0.2, 0.25) is 0 Å². The lowest BCUT2D eigenvalue weighted by Crippen LogP contribution is -2.41. The third-order valence-corrected chi connectivity index (χ3v) is 4.81. The first kappa shape index (κ1) is 16.5. The molecule has 3 N–H and O–H groups in total. The Labute approximate surface area is 149 Å². The molecule has 0 saturated heterocycles. The highest BCUT2D eigenvalue weighted by Crippen LogP contribution is 2.38. The average Bonchev–Trinajstić information content (AvgIpc) is 3.11. The number of ether oxygens (including phenoxy) is 1. The van der Waals surface area contributed by atoms with Crippen LogP contribution < -0.4 is 10.1 Å². The van der Waals surface area contributed by atoms with Crippen molar-refractivity contribution in [2.75, 3.05) is 7.11 Å². The lowest BCUT2D eigenvalue weighted by molar-refractivity contribution is 0.0234. The number of H-pyrrole nitrogens is 1. The molecule has 0 unspecified atom stereocenters. The number of amides is 1. The number of pyridine rings is 1. The first-order valence-corrected chi connectivity index (χ1v) is 8.43. The van der Waals surface area contributed by atoms with Crippen molar-refractivity contribution in [2.24, 2.45) is 5.92 Å². The zero-order valence-corrected chi connectivity index (χ0v) is 14.2. The normalized spacial score (nSPS) is 20.4. The molecule has 1 saturated carbocycles. The maximum atomic E-state index is 12.8. The Balaban J connectivity index is 1.57. The Morgan fingerprint density at radius 3 is 2.77 bits per heavy atom. The van der Waals surface area contributed by atoms with Crippen molar-refractivity contribution in [3.8, 4) is 5.88 Å². The van der Waals surface area contributed by atoms with Gasteiger partial charge < -0.3 is 15.2 Å². The van der Waals surface area contributed by atoms with Crippen LogP contribution in [0, 0.1) is 5.92 Å². The van der Waals surface area contributed by atoms with E-state index in [9.17, 15) is 9.90 Å². The van der Waals surface area contributed by atoms with Crippen molar-refractivity contribution in [2.45, 2.75) is 25.0 Å². The molecule has 1 fully saturated rings. The smallest absolute Gasteiger partial charge is 0.251 e. The summed E-state index contributed by atoms with van der Waals surface area (Å²) in [5, 5.41) is 23.3. The van der Waals surface area contributed by atoms with Crippen molar-refractivity contribution in [3.63, 3.8) is 0 Å². The van der Waals surface area contributed by atoms with E-state index in [1.807, 2.05) is 6.07 Å².